The van der Waals surface area contributed by atoms with E-state index in [2.05, 4.69) is 4.90 Å². The van der Waals surface area contributed by atoms with Crippen LogP contribution in [0.25, 0.3) is 0 Å². The maximum absolute atomic E-state index is 13.3. The molecule has 146 valence electrons. The summed E-state index contributed by atoms with van der Waals surface area (Å²) in [4.78, 5) is 15.5. The van der Waals surface area contributed by atoms with Gasteiger partial charge >= 0.3 is 0 Å². The lowest BCUT2D eigenvalue weighted by Crippen LogP contribution is -2.57. The third-order valence-electron chi connectivity index (χ3n) is 7.80. The highest BCUT2D eigenvalue weighted by molar-refractivity contribution is 6.35. The van der Waals surface area contributed by atoms with Crippen molar-refractivity contribution in [2.75, 3.05) is 6.54 Å². The molecule has 1 aromatic rings. The molecule has 1 aliphatic heterocycles. The number of carbonyl (C=O) groups excluding carboxylic acids is 1. The fourth-order valence-corrected chi connectivity index (χ4v) is 7.19. The number of carbonyl (C=O) groups is 1. The second-order valence-electron chi connectivity index (χ2n) is 9.46. The van der Waals surface area contributed by atoms with Crippen molar-refractivity contribution in [2.24, 2.45) is 23.7 Å². The van der Waals surface area contributed by atoms with Crippen LogP contribution in [0.2, 0.25) is 10.0 Å². The molecule has 3 bridgehead atoms. The van der Waals surface area contributed by atoms with Crippen molar-refractivity contribution in [3.8, 4) is 0 Å². The van der Waals surface area contributed by atoms with Gasteiger partial charge in [-0.15, -0.1) is 0 Å². The summed E-state index contributed by atoms with van der Waals surface area (Å²) in [5.41, 5.74) is 0.613. The first-order valence-electron chi connectivity index (χ1n) is 10.4. The molecule has 1 N–H and O–H groups in total. The summed E-state index contributed by atoms with van der Waals surface area (Å²) in [7, 11) is 0. The van der Waals surface area contributed by atoms with E-state index in [0.29, 0.717) is 46.2 Å². The number of hydrogen-bond acceptors (Lipinski definition) is 2. The number of aliphatic hydroxyl groups is 1. The molecule has 27 heavy (non-hydrogen) atoms. The van der Waals surface area contributed by atoms with Crippen molar-refractivity contribution in [2.45, 2.75) is 63.0 Å². The van der Waals surface area contributed by atoms with E-state index in [1.54, 1.807) is 6.07 Å². The third-order valence-corrected chi connectivity index (χ3v) is 8.38. The van der Waals surface area contributed by atoms with Crippen LogP contribution in [-0.2, 0) is 11.2 Å². The van der Waals surface area contributed by atoms with Gasteiger partial charge < -0.3 is 10.0 Å². The van der Waals surface area contributed by atoms with Gasteiger partial charge in [0.2, 0.25) is 5.91 Å². The van der Waals surface area contributed by atoms with Crippen molar-refractivity contribution in [1.82, 2.24) is 4.90 Å². The molecular formula is C22H27Cl2NO2. The predicted molar refractivity (Wildman–Crippen MR) is 107 cm³/mol. The predicted octanol–water partition coefficient (Wildman–Crippen LogP) is 4.71. The van der Waals surface area contributed by atoms with Crippen molar-refractivity contribution in [1.29, 1.82) is 0 Å². The second kappa shape index (κ2) is 6.64. The molecule has 5 heteroatoms. The molecule has 4 fully saturated rings. The number of rotatable bonds is 3. The minimum Gasteiger partial charge on any atom is -0.390 e. The molecule has 0 spiro atoms. The summed E-state index contributed by atoms with van der Waals surface area (Å²) < 4.78 is 0. The molecule has 1 heterocycles. The van der Waals surface area contributed by atoms with E-state index in [9.17, 15) is 9.90 Å². The SMILES string of the molecule is O=C1C(Cc2ccc(Cl)cc2Cl)CCN1C1CC2CC3CC(O)(CCC31)C2. The van der Waals surface area contributed by atoms with Crippen LogP contribution < -0.4 is 0 Å². The molecule has 3 aliphatic carbocycles. The molecule has 5 rings (SSSR count). The van der Waals surface area contributed by atoms with Crippen molar-refractivity contribution in [3.63, 3.8) is 0 Å². The van der Waals surface area contributed by atoms with E-state index in [-0.39, 0.29) is 5.92 Å². The van der Waals surface area contributed by atoms with Crippen LogP contribution in [0, 0.1) is 23.7 Å². The fraction of sp³-hybridized carbons (Fsp3) is 0.682. The zero-order valence-electron chi connectivity index (χ0n) is 15.5. The Morgan fingerprint density at radius 2 is 2.04 bits per heavy atom. The van der Waals surface area contributed by atoms with Gasteiger partial charge in [0.1, 0.15) is 0 Å². The van der Waals surface area contributed by atoms with Gasteiger partial charge in [-0.1, -0.05) is 29.3 Å². The number of nitrogens with zero attached hydrogens (tertiary/aromatic N) is 1. The van der Waals surface area contributed by atoms with E-state index in [4.69, 9.17) is 23.2 Å². The molecule has 1 amide bonds. The number of halogens is 2. The van der Waals surface area contributed by atoms with Crippen molar-refractivity contribution >= 4 is 29.1 Å². The Labute approximate surface area is 171 Å². The second-order valence-corrected chi connectivity index (χ2v) is 10.3. The highest BCUT2D eigenvalue weighted by atomic mass is 35.5. The number of fused-ring (bicyclic) bond motifs is 2. The van der Waals surface area contributed by atoms with Crippen LogP contribution in [0.4, 0.5) is 0 Å². The first-order chi connectivity index (χ1) is 12.9. The molecule has 1 saturated heterocycles. The lowest BCUT2D eigenvalue weighted by atomic mass is 9.54. The van der Waals surface area contributed by atoms with Gasteiger partial charge in [0.25, 0.3) is 0 Å². The Morgan fingerprint density at radius 3 is 2.85 bits per heavy atom. The molecular weight excluding hydrogens is 381 g/mol. The van der Waals surface area contributed by atoms with Crippen LogP contribution in [0.5, 0.6) is 0 Å². The minimum absolute atomic E-state index is 0.0333. The Balaban J connectivity index is 1.32. The normalized spacial score (nSPS) is 40.6. The number of hydrogen-bond donors (Lipinski definition) is 1. The highest BCUT2D eigenvalue weighted by Gasteiger charge is 2.54. The Bertz CT molecular complexity index is 765. The average Bonchev–Trinajstić information content (AvgIpc) is 2.95. The van der Waals surface area contributed by atoms with Gasteiger partial charge in [0, 0.05) is 28.5 Å². The lowest BCUT2D eigenvalue weighted by Gasteiger charge is -2.56. The van der Waals surface area contributed by atoms with Gasteiger partial charge in [-0.25, -0.2) is 0 Å². The molecule has 6 atom stereocenters. The van der Waals surface area contributed by atoms with E-state index in [1.165, 1.54) is 6.42 Å². The first-order valence-corrected chi connectivity index (χ1v) is 11.1. The summed E-state index contributed by atoms with van der Waals surface area (Å²) in [5, 5.41) is 12.1. The largest absolute Gasteiger partial charge is 0.390 e. The smallest absolute Gasteiger partial charge is 0.226 e. The quantitative estimate of drug-likeness (QED) is 0.787. The van der Waals surface area contributed by atoms with Crippen molar-refractivity contribution < 1.29 is 9.90 Å². The molecule has 0 radical (unpaired) electrons. The molecule has 4 aliphatic rings. The fourth-order valence-electron chi connectivity index (χ4n) is 6.70. The van der Waals surface area contributed by atoms with Gasteiger partial charge in [-0.05, 0) is 86.8 Å². The molecule has 1 aromatic carbocycles. The Kier molecular flexibility index (Phi) is 4.49. The maximum atomic E-state index is 13.3. The highest BCUT2D eigenvalue weighted by Crippen LogP contribution is 2.55. The summed E-state index contributed by atoms with van der Waals surface area (Å²) in [6, 6.07) is 5.96. The van der Waals surface area contributed by atoms with Crippen LogP contribution in [0.1, 0.15) is 50.5 Å². The molecule has 3 saturated carbocycles. The Hall–Kier alpha value is -0.770. The zero-order valence-corrected chi connectivity index (χ0v) is 17.1. The van der Waals surface area contributed by atoms with Crippen LogP contribution in [0.3, 0.4) is 0 Å². The summed E-state index contributed by atoms with van der Waals surface area (Å²) >= 11 is 12.3. The van der Waals surface area contributed by atoms with Crippen LogP contribution in [0.15, 0.2) is 18.2 Å². The van der Waals surface area contributed by atoms with Crippen LogP contribution >= 0.6 is 23.2 Å². The maximum Gasteiger partial charge on any atom is 0.226 e. The summed E-state index contributed by atoms with van der Waals surface area (Å²) in [6.07, 6.45) is 7.87. The zero-order chi connectivity index (χ0) is 18.8. The topological polar surface area (TPSA) is 40.5 Å². The lowest BCUT2D eigenvalue weighted by molar-refractivity contribution is -0.148. The number of amides is 1. The van der Waals surface area contributed by atoms with Gasteiger partial charge in [0.05, 0.1) is 5.60 Å². The summed E-state index contributed by atoms with van der Waals surface area (Å²) in [5.74, 6) is 2.13. The third kappa shape index (κ3) is 3.20. The van der Waals surface area contributed by atoms with Gasteiger partial charge in [-0.2, -0.15) is 0 Å². The monoisotopic (exact) mass is 407 g/mol. The van der Waals surface area contributed by atoms with E-state index in [0.717, 1.165) is 50.6 Å². The van der Waals surface area contributed by atoms with E-state index >= 15 is 0 Å². The molecule has 0 aromatic heterocycles. The number of likely N-dealkylation sites (tertiary alicyclic amines) is 1. The van der Waals surface area contributed by atoms with Gasteiger partial charge in [0.15, 0.2) is 0 Å². The average molecular weight is 408 g/mol. The standard InChI is InChI=1S/C22H27Cl2NO2/c23-17-2-1-14(19(24)10-17)9-15-4-6-25(21(15)26)20-8-13-7-16-12-22(27,11-13)5-3-18(16)20/h1-2,10,13,15-16,18,20,27H,3-9,11-12H2. The van der Waals surface area contributed by atoms with E-state index < -0.39 is 5.60 Å². The Morgan fingerprint density at radius 1 is 1.19 bits per heavy atom. The number of benzene rings is 1. The van der Waals surface area contributed by atoms with E-state index in [1.807, 2.05) is 12.1 Å². The minimum atomic E-state index is -0.405. The first kappa shape index (κ1) is 18.3. The summed E-state index contributed by atoms with van der Waals surface area (Å²) in [6.45, 7) is 0.875. The van der Waals surface area contributed by atoms with Crippen molar-refractivity contribution in [3.05, 3.63) is 33.8 Å². The molecule has 3 nitrogen and oxygen atoms in total. The molecule has 6 unspecified atom stereocenters. The van der Waals surface area contributed by atoms with Crippen LogP contribution in [-0.4, -0.2) is 34.1 Å². The van der Waals surface area contributed by atoms with Gasteiger partial charge in [-0.3, -0.25) is 4.79 Å².